The number of benzene rings is 1. The Kier molecular flexibility index (Phi) is 3.21. The molecule has 2 rings (SSSR count). The van der Waals surface area contributed by atoms with Gasteiger partial charge in [0.1, 0.15) is 11.8 Å². The summed E-state index contributed by atoms with van der Waals surface area (Å²) in [6.07, 6.45) is 0.309. The molecule has 5 heteroatoms. The highest BCUT2D eigenvalue weighted by atomic mass is 35.5. The molecule has 0 aromatic heterocycles. The molecule has 0 spiro atoms. The van der Waals surface area contributed by atoms with Crippen LogP contribution in [0.3, 0.4) is 0 Å². The van der Waals surface area contributed by atoms with Crippen LogP contribution in [0.4, 0.5) is 5.69 Å². The molecule has 1 saturated heterocycles. The van der Waals surface area contributed by atoms with Gasteiger partial charge in [-0.05, 0) is 12.1 Å². The van der Waals surface area contributed by atoms with Gasteiger partial charge in [0.2, 0.25) is 5.91 Å². The van der Waals surface area contributed by atoms with E-state index in [2.05, 4.69) is 6.07 Å². The number of hydrogen-bond acceptors (Lipinski definition) is 3. The maximum absolute atomic E-state index is 11.7. The van der Waals surface area contributed by atoms with Crippen LogP contribution < -0.4 is 9.64 Å². The molecule has 0 saturated carbocycles. The zero-order valence-electron chi connectivity index (χ0n) is 9.31. The number of ether oxygens (including phenoxy) is 1. The summed E-state index contributed by atoms with van der Waals surface area (Å²) in [6, 6.07) is 7.09. The van der Waals surface area contributed by atoms with Crippen LogP contribution >= 0.6 is 11.6 Å². The van der Waals surface area contributed by atoms with E-state index in [9.17, 15) is 4.79 Å². The minimum Gasteiger partial charge on any atom is -0.497 e. The summed E-state index contributed by atoms with van der Waals surface area (Å²) in [5.41, 5.74) is 1.02. The quantitative estimate of drug-likeness (QED) is 0.754. The predicted molar refractivity (Wildman–Crippen MR) is 64.3 cm³/mol. The number of carbonyl (C=O) groups excluding carboxylic acids is 1. The lowest BCUT2D eigenvalue weighted by molar-refractivity contribution is -0.117. The monoisotopic (exact) mass is 250 g/mol. The fourth-order valence-corrected chi connectivity index (χ4v) is 2.12. The molecule has 1 aromatic carbocycles. The standard InChI is InChI=1S/C12H11ClN2O2/c1-17-10-3-2-8(6-14)11(5-10)15-7-9(13)4-12(15)16/h2-3,5,9H,4,7H2,1H3. The lowest BCUT2D eigenvalue weighted by atomic mass is 10.1. The fourth-order valence-electron chi connectivity index (χ4n) is 1.85. The number of halogens is 1. The number of alkyl halides is 1. The molecule has 1 amide bonds. The summed E-state index contributed by atoms with van der Waals surface area (Å²) in [6.45, 7) is 0.433. The molecular weight excluding hydrogens is 240 g/mol. The largest absolute Gasteiger partial charge is 0.497 e. The number of carbonyl (C=O) groups is 1. The van der Waals surface area contributed by atoms with Crippen LogP contribution in [0.15, 0.2) is 18.2 Å². The van der Waals surface area contributed by atoms with Gasteiger partial charge >= 0.3 is 0 Å². The molecule has 1 heterocycles. The summed E-state index contributed by atoms with van der Waals surface area (Å²) in [5.74, 6) is 0.555. The number of nitrogens with zero attached hydrogens (tertiary/aromatic N) is 2. The normalized spacial score (nSPS) is 19.2. The third kappa shape index (κ3) is 2.20. The van der Waals surface area contributed by atoms with Crippen LogP contribution in [0.1, 0.15) is 12.0 Å². The summed E-state index contributed by atoms with van der Waals surface area (Å²) in [7, 11) is 1.54. The Hall–Kier alpha value is -1.73. The first kappa shape index (κ1) is 11.7. The summed E-state index contributed by atoms with van der Waals surface area (Å²) in [4.78, 5) is 13.3. The zero-order valence-corrected chi connectivity index (χ0v) is 10.1. The molecule has 88 valence electrons. The van der Waals surface area contributed by atoms with Crippen LogP contribution in [-0.4, -0.2) is 24.9 Å². The Morgan fingerprint density at radius 2 is 2.35 bits per heavy atom. The maximum atomic E-state index is 11.7. The molecule has 0 bridgehead atoms. The van der Waals surface area contributed by atoms with Crippen molar-refractivity contribution < 1.29 is 9.53 Å². The zero-order chi connectivity index (χ0) is 12.4. The Morgan fingerprint density at radius 1 is 1.59 bits per heavy atom. The smallest absolute Gasteiger partial charge is 0.228 e. The van der Waals surface area contributed by atoms with E-state index in [0.29, 0.717) is 30.0 Å². The van der Waals surface area contributed by atoms with Gasteiger partial charge < -0.3 is 9.64 Å². The molecule has 1 unspecified atom stereocenters. The third-order valence-electron chi connectivity index (χ3n) is 2.69. The molecule has 1 aliphatic rings. The van der Waals surface area contributed by atoms with Gasteiger partial charge in [-0.3, -0.25) is 4.79 Å². The Morgan fingerprint density at radius 3 is 2.88 bits per heavy atom. The highest BCUT2D eigenvalue weighted by Crippen LogP contribution is 2.30. The molecule has 0 N–H and O–H groups in total. The van der Waals surface area contributed by atoms with E-state index < -0.39 is 0 Å². The van der Waals surface area contributed by atoms with Crippen LogP contribution in [-0.2, 0) is 4.79 Å². The number of hydrogen-bond donors (Lipinski definition) is 0. The number of nitriles is 1. The summed E-state index contributed by atoms with van der Waals surface area (Å²) < 4.78 is 5.10. The molecule has 0 radical (unpaired) electrons. The van der Waals surface area contributed by atoms with Crippen molar-refractivity contribution in [2.45, 2.75) is 11.8 Å². The first-order valence-electron chi connectivity index (χ1n) is 5.18. The molecule has 1 aromatic rings. The Balaban J connectivity index is 2.43. The van der Waals surface area contributed by atoms with Crippen molar-refractivity contribution in [3.63, 3.8) is 0 Å². The second-order valence-electron chi connectivity index (χ2n) is 3.80. The predicted octanol–water partition coefficient (Wildman–Crippen LogP) is 1.91. The molecule has 17 heavy (non-hydrogen) atoms. The van der Waals surface area contributed by atoms with E-state index in [1.54, 1.807) is 30.2 Å². The minimum absolute atomic E-state index is 0.0604. The van der Waals surface area contributed by atoms with Crippen LogP contribution in [0.5, 0.6) is 5.75 Å². The average Bonchev–Trinajstić information content (AvgIpc) is 2.67. The van der Waals surface area contributed by atoms with E-state index in [1.807, 2.05) is 0 Å². The first-order valence-corrected chi connectivity index (χ1v) is 5.62. The van der Waals surface area contributed by atoms with Crippen molar-refractivity contribution in [1.82, 2.24) is 0 Å². The first-order chi connectivity index (χ1) is 8.15. The average molecular weight is 251 g/mol. The summed E-state index contributed by atoms with van der Waals surface area (Å²) in [5, 5.41) is 8.84. The second-order valence-corrected chi connectivity index (χ2v) is 4.42. The van der Waals surface area contributed by atoms with E-state index in [1.165, 1.54) is 0 Å². The van der Waals surface area contributed by atoms with Gasteiger partial charge in [-0.25, -0.2) is 0 Å². The molecule has 1 aliphatic heterocycles. The molecular formula is C12H11ClN2O2. The third-order valence-corrected chi connectivity index (χ3v) is 2.99. The summed E-state index contributed by atoms with van der Waals surface area (Å²) >= 11 is 5.94. The minimum atomic E-state index is -0.194. The van der Waals surface area contributed by atoms with Gasteiger partial charge in [0.05, 0.1) is 23.7 Å². The Labute approximate surface area is 104 Å². The van der Waals surface area contributed by atoms with Crippen molar-refractivity contribution in [1.29, 1.82) is 5.26 Å². The molecule has 0 aliphatic carbocycles. The second kappa shape index (κ2) is 4.64. The van der Waals surface area contributed by atoms with Crippen LogP contribution in [0, 0.1) is 11.3 Å². The van der Waals surface area contributed by atoms with Crippen molar-refractivity contribution in [3.05, 3.63) is 23.8 Å². The maximum Gasteiger partial charge on any atom is 0.228 e. The van der Waals surface area contributed by atoms with E-state index >= 15 is 0 Å². The number of methoxy groups -OCH3 is 1. The number of anilines is 1. The SMILES string of the molecule is COc1ccc(C#N)c(N2CC(Cl)CC2=O)c1. The lowest BCUT2D eigenvalue weighted by Gasteiger charge is -2.18. The van der Waals surface area contributed by atoms with E-state index in [4.69, 9.17) is 21.6 Å². The highest BCUT2D eigenvalue weighted by Gasteiger charge is 2.30. The van der Waals surface area contributed by atoms with Gasteiger partial charge in [-0.2, -0.15) is 5.26 Å². The van der Waals surface area contributed by atoms with Gasteiger partial charge in [0, 0.05) is 19.0 Å². The molecule has 1 fully saturated rings. The van der Waals surface area contributed by atoms with Gasteiger partial charge in [0.25, 0.3) is 0 Å². The van der Waals surface area contributed by atoms with Crippen LogP contribution in [0.2, 0.25) is 0 Å². The van der Waals surface area contributed by atoms with Gasteiger partial charge in [-0.1, -0.05) is 0 Å². The number of amides is 1. The van der Waals surface area contributed by atoms with Crippen molar-refractivity contribution in [3.8, 4) is 11.8 Å². The topological polar surface area (TPSA) is 53.3 Å². The van der Waals surface area contributed by atoms with Crippen molar-refractivity contribution >= 4 is 23.2 Å². The lowest BCUT2D eigenvalue weighted by Crippen LogP contribution is -2.25. The van der Waals surface area contributed by atoms with Crippen molar-refractivity contribution in [2.75, 3.05) is 18.6 Å². The number of rotatable bonds is 2. The van der Waals surface area contributed by atoms with E-state index in [0.717, 1.165) is 0 Å². The Bertz CT molecular complexity index is 496. The molecule has 1 atom stereocenters. The fraction of sp³-hybridized carbons (Fsp3) is 0.333. The molecule has 4 nitrogen and oxygen atoms in total. The highest BCUT2D eigenvalue weighted by molar-refractivity contribution is 6.24. The van der Waals surface area contributed by atoms with Gasteiger partial charge in [0.15, 0.2) is 0 Å². The van der Waals surface area contributed by atoms with Gasteiger partial charge in [-0.15, -0.1) is 11.6 Å². The van der Waals surface area contributed by atoms with Crippen molar-refractivity contribution in [2.24, 2.45) is 0 Å². The van der Waals surface area contributed by atoms with Crippen LogP contribution in [0.25, 0.3) is 0 Å². The van der Waals surface area contributed by atoms with E-state index in [-0.39, 0.29) is 11.3 Å².